The molecule has 0 bridgehead atoms. The molecule has 0 amide bonds. The van der Waals surface area contributed by atoms with Crippen LogP contribution in [0.1, 0.15) is 11.1 Å². The molecular formula is C19H16ClN2O2P. The third-order valence-electron chi connectivity index (χ3n) is 3.97. The topological polar surface area (TPSA) is 65.9 Å². The number of rotatable bonds is 4. The Morgan fingerprint density at radius 3 is 2.80 bits per heavy atom. The summed E-state index contributed by atoms with van der Waals surface area (Å²) in [7, 11) is -1.87. The predicted molar refractivity (Wildman–Crippen MR) is 103 cm³/mol. The molecule has 0 radical (unpaired) electrons. The number of hydrogen-bond acceptors (Lipinski definition) is 3. The summed E-state index contributed by atoms with van der Waals surface area (Å²) in [6.07, 6.45) is 4.78. The van der Waals surface area contributed by atoms with Crippen LogP contribution in [0, 0.1) is 18.3 Å². The Labute approximate surface area is 151 Å². The highest BCUT2D eigenvalue weighted by Gasteiger charge is 2.30. The standard InChI is InChI=1S/C19H16ClN2O2P/c1-13-8-14(4-3-7-21)10-16(9-13)25(23,24-2)19-12-22-18-6-5-15(20)11-17(18)19/h3-6,8-12,22H,1-2H3. The third kappa shape index (κ3) is 3.27. The number of fused-ring (bicyclic) bond motifs is 1. The molecule has 0 aliphatic rings. The Kier molecular flexibility index (Phi) is 4.83. The molecule has 0 aliphatic heterocycles. The van der Waals surface area contributed by atoms with Crippen LogP contribution in [0.5, 0.6) is 0 Å². The quantitative estimate of drug-likeness (QED) is 0.541. The smallest absolute Gasteiger partial charge is 0.263 e. The van der Waals surface area contributed by atoms with E-state index in [1.807, 2.05) is 31.2 Å². The summed E-state index contributed by atoms with van der Waals surface area (Å²) in [4.78, 5) is 3.12. The Morgan fingerprint density at radius 2 is 2.08 bits per heavy atom. The van der Waals surface area contributed by atoms with Crippen molar-refractivity contribution >= 4 is 46.6 Å². The molecule has 0 spiro atoms. The lowest BCUT2D eigenvalue weighted by atomic mass is 10.1. The van der Waals surface area contributed by atoms with Crippen molar-refractivity contribution in [1.82, 2.24) is 4.98 Å². The third-order valence-corrected chi connectivity index (χ3v) is 6.66. The summed E-state index contributed by atoms with van der Waals surface area (Å²) in [5, 5.41) is 11.2. The Morgan fingerprint density at radius 1 is 1.28 bits per heavy atom. The van der Waals surface area contributed by atoms with E-state index in [1.54, 1.807) is 30.5 Å². The van der Waals surface area contributed by atoms with Crippen molar-refractivity contribution in [2.45, 2.75) is 6.92 Å². The maximum atomic E-state index is 13.8. The van der Waals surface area contributed by atoms with E-state index >= 15 is 0 Å². The molecule has 126 valence electrons. The molecule has 25 heavy (non-hydrogen) atoms. The van der Waals surface area contributed by atoms with Gasteiger partial charge in [-0.3, -0.25) is 4.57 Å². The van der Waals surface area contributed by atoms with Crippen LogP contribution in [0.25, 0.3) is 17.0 Å². The first kappa shape index (κ1) is 17.5. The second kappa shape index (κ2) is 6.90. The van der Waals surface area contributed by atoms with Crippen molar-refractivity contribution in [3.8, 4) is 6.07 Å². The fourth-order valence-electron chi connectivity index (χ4n) is 2.86. The zero-order chi connectivity index (χ0) is 18.0. The number of benzene rings is 2. The highest BCUT2D eigenvalue weighted by Crippen LogP contribution is 2.46. The van der Waals surface area contributed by atoms with Crippen LogP contribution in [0.4, 0.5) is 0 Å². The minimum absolute atomic E-state index is 0.567. The fraction of sp³-hybridized carbons (Fsp3) is 0.105. The number of aryl methyl sites for hydroxylation is 1. The number of allylic oxidation sites excluding steroid dienone is 1. The molecule has 4 nitrogen and oxygen atoms in total. The molecule has 3 rings (SSSR count). The normalized spacial score (nSPS) is 13.8. The van der Waals surface area contributed by atoms with Crippen LogP contribution in [-0.4, -0.2) is 12.1 Å². The van der Waals surface area contributed by atoms with Crippen LogP contribution in [0.3, 0.4) is 0 Å². The average Bonchev–Trinajstić information content (AvgIpc) is 3.02. The lowest BCUT2D eigenvalue weighted by Crippen LogP contribution is -2.17. The Bertz CT molecular complexity index is 1060. The lowest BCUT2D eigenvalue weighted by Gasteiger charge is -2.17. The second-order valence-electron chi connectivity index (χ2n) is 5.66. The number of aromatic amines is 1. The van der Waals surface area contributed by atoms with Gasteiger partial charge in [0.2, 0.25) is 0 Å². The van der Waals surface area contributed by atoms with E-state index in [-0.39, 0.29) is 0 Å². The van der Waals surface area contributed by atoms with Gasteiger partial charge in [0.25, 0.3) is 7.37 Å². The van der Waals surface area contributed by atoms with Gasteiger partial charge in [0.1, 0.15) is 0 Å². The maximum Gasteiger partial charge on any atom is 0.263 e. The van der Waals surface area contributed by atoms with Gasteiger partial charge >= 0.3 is 0 Å². The number of hydrogen-bond donors (Lipinski definition) is 1. The molecule has 1 atom stereocenters. The molecule has 3 aromatic rings. The van der Waals surface area contributed by atoms with Gasteiger partial charge in [-0.25, -0.2) is 0 Å². The number of nitrogens with one attached hydrogen (secondary N) is 1. The Balaban J connectivity index is 2.23. The predicted octanol–water partition coefficient (Wildman–Crippen LogP) is 4.54. The molecular weight excluding hydrogens is 355 g/mol. The van der Waals surface area contributed by atoms with Crippen LogP contribution >= 0.6 is 19.0 Å². The summed E-state index contributed by atoms with van der Waals surface area (Å²) in [5.74, 6) is 0. The lowest BCUT2D eigenvalue weighted by molar-refractivity contribution is 0.412. The zero-order valence-corrected chi connectivity index (χ0v) is 15.4. The van der Waals surface area contributed by atoms with Crippen molar-refractivity contribution in [2.75, 3.05) is 7.11 Å². The number of H-pyrrole nitrogens is 1. The van der Waals surface area contributed by atoms with Crippen molar-refractivity contribution in [3.05, 3.63) is 64.8 Å². The number of nitriles is 1. The zero-order valence-electron chi connectivity index (χ0n) is 13.8. The molecule has 0 fully saturated rings. The van der Waals surface area contributed by atoms with Gasteiger partial charge in [-0.05, 0) is 54.5 Å². The van der Waals surface area contributed by atoms with E-state index in [1.165, 1.54) is 13.2 Å². The fourth-order valence-corrected chi connectivity index (χ4v) is 5.14. The van der Waals surface area contributed by atoms with Crippen LogP contribution in [0.2, 0.25) is 5.02 Å². The minimum atomic E-state index is -3.32. The highest BCUT2D eigenvalue weighted by atomic mass is 35.5. The molecule has 2 aromatic carbocycles. The van der Waals surface area contributed by atoms with Gasteiger partial charge in [0, 0.05) is 40.6 Å². The van der Waals surface area contributed by atoms with E-state index in [0.717, 1.165) is 22.0 Å². The van der Waals surface area contributed by atoms with E-state index in [2.05, 4.69) is 4.98 Å². The van der Waals surface area contributed by atoms with Gasteiger partial charge < -0.3 is 9.51 Å². The van der Waals surface area contributed by atoms with E-state index in [0.29, 0.717) is 15.6 Å². The van der Waals surface area contributed by atoms with Crippen molar-refractivity contribution in [2.24, 2.45) is 0 Å². The molecule has 6 heteroatoms. The maximum absolute atomic E-state index is 13.8. The summed E-state index contributed by atoms with van der Waals surface area (Å²) < 4.78 is 19.3. The van der Waals surface area contributed by atoms with Crippen molar-refractivity contribution < 1.29 is 9.09 Å². The summed E-state index contributed by atoms with van der Waals surface area (Å²) in [6, 6.07) is 12.9. The number of aromatic nitrogens is 1. The van der Waals surface area contributed by atoms with Crippen LogP contribution in [-0.2, 0) is 9.09 Å². The molecule has 0 aliphatic carbocycles. The first-order chi connectivity index (χ1) is 12.0. The first-order valence-corrected chi connectivity index (χ1v) is 9.59. The van der Waals surface area contributed by atoms with Crippen molar-refractivity contribution in [3.63, 3.8) is 0 Å². The van der Waals surface area contributed by atoms with Gasteiger partial charge in [0.05, 0.1) is 11.4 Å². The van der Waals surface area contributed by atoms with Crippen molar-refractivity contribution in [1.29, 1.82) is 5.26 Å². The van der Waals surface area contributed by atoms with Gasteiger partial charge in [-0.15, -0.1) is 0 Å². The van der Waals surface area contributed by atoms with E-state index in [4.69, 9.17) is 21.4 Å². The molecule has 1 aromatic heterocycles. The van der Waals surface area contributed by atoms with Crippen LogP contribution in [0.15, 0.2) is 48.7 Å². The van der Waals surface area contributed by atoms with Gasteiger partial charge in [-0.1, -0.05) is 17.7 Å². The van der Waals surface area contributed by atoms with Gasteiger partial charge in [0.15, 0.2) is 0 Å². The minimum Gasteiger partial charge on any atom is -0.360 e. The molecule has 1 heterocycles. The highest BCUT2D eigenvalue weighted by molar-refractivity contribution is 7.74. The largest absolute Gasteiger partial charge is 0.360 e. The Hall–Kier alpha value is -2.31. The summed E-state index contributed by atoms with van der Waals surface area (Å²) in [6.45, 7) is 1.92. The number of nitrogens with zero attached hydrogens (tertiary/aromatic N) is 1. The molecule has 1 N–H and O–H groups in total. The average molecular weight is 371 g/mol. The van der Waals surface area contributed by atoms with E-state index in [9.17, 15) is 4.57 Å². The SMILES string of the molecule is COP(=O)(c1cc(C)cc(C=CC#N)c1)c1c[nH]c2ccc(Cl)cc12. The van der Waals surface area contributed by atoms with E-state index < -0.39 is 7.37 Å². The number of halogens is 1. The monoisotopic (exact) mass is 370 g/mol. The summed E-state index contributed by atoms with van der Waals surface area (Å²) >= 11 is 6.11. The first-order valence-electron chi connectivity index (χ1n) is 7.59. The van der Waals surface area contributed by atoms with Gasteiger partial charge in [-0.2, -0.15) is 5.26 Å². The van der Waals surface area contributed by atoms with Crippen LogP contribution < -0.4 is 10.6 Å². The second-order valence-corrected chi connectivity index (χ2v) is 8.56. The molecule has 0 saturated carbocycles. The summed E-state index contributed by atoms with van der Waals surface area (Å²) in [5.41, 5.74) is 2.57. The molecule has 1 unspecified atom stereocenters. The molecule has 0 saturated heterocycles.